The second-order valence-electron chi connectivity index (χ2n) is 3.28. The smallest absolute Gasteiger partial charge is 0.130 e. The summed E-state index contributed by atoms with van der Waals surface area (Å²) < 4.78 is 14.1. The number of hydrogen-bond donors (Lipinski definition) is 0. The predicted octanol–water partition coefficient (Wildman–Crippen LogP) is 3.53. The third-order valence-corrected chi connectivity index (χ3v) is 2.43. The molecular formula is C10H9BrFN. The van der Waals surface area contributed by atoms with Gasteiger partial charge in [-0.2, -0.15) is 5.26 Å². The molecule has 0 spiro atoms. The summed E-state index contributed by atoms with van der Waals surface area (Å²) in [5, 5.41) is 8.64. The van der Waals surface area contributed by atoms with Crippen molar-refractivity contribution in [1.82, 2.24) is 0 Å². The molecule has 0 unspecified atom stereocenters. The Hall–Kier alpha value is -0.880. The molecule has 0 fully saturated rings. The van der Waals surface area contributed by atoms with Crippen LogP contribution in [0.3, 0.4) is 0 Å². The minimum Gasteiger partial charge on any atom is -0.239 e. The van der Waals surface area contributed by atoms with Gasteiger partial charge in [-0.05, 0) is 47.5 Å². The van der Waals surface area contributed by atoms with E-state index in [1.165, 1.54) is 13.8 Å². The van der Waals surface area contributed by atoms with Crippen LogP contribution < -0.4 is 0 Å². The minimum atomic E-state index is -1.36. The van der Waals surface area contributed by atoms with E-state index >= 15 is 0 Å². The lowest BCUT2D eigenvalue weighted by Gasteiger charge is -2.14. The molecule has 0 saturated heterocycles. The maximum atomic E-state index is 13.4. The molecule has 1 aromatic rings. The van der Waals surface area contributed by atoms with Gasteiger partial charge in [-0.15, -0.1) is 0 Å². The summed E-state index contributed by atoms with van der Waals surface area (Å²) in [6, 6.07) is 6.88. The highest BCUT2D eigenvalue weighted by Crippen LogP contribution is 2.28. The molecule has 13 heavy (non-hydrogen) atoms. The molecule has 0 N–H and O–H groups in total. The quantitative estimate of drug-likeness (QED) is 0.739. The lowest BCUT2D eigenvalue weighted by atomic mass is 9.99. The maximum absolute atomic E-state index is 13.4. The summed E-state index contributed by atoms with van der Waals surface area (Å²) in [6.45, 7) is 2.97. The molecule has 0 aliphatic carbocycles. The lowest BCUT2D eigenvalue weighted by Crippen LogP contribution is -2.08. The number of alkyl halides is 1. The highest BCUT2D eigenvalue weighted by molar-refractivity contribution is 9.10. The van der Waals surface area contributed by atoms with E-state index in [-0.39, 0.29) is 0 Å². The summed E-state index contributed by atoms with van der Waals surface area (Å²) in [4.78, 5) is 0. The summed E-state index contributed by atoms with van der Waals surface area (Å²) in [5.74, 6) is 0. The van der Waals surface area contributed by atoms with Crippen LogP contribution in [0.1, 0.15) is 25.0 Å². The molecule has 1 nitrogen and oxygen atoms in total. The van der Waals surface area contributed by atoms with E-state index in [0.29, 0.717) is 15.6 Å². The standard InChI is InChI=1S/C10H9BrFN/c1-10(2,12)8-4-3-7(6-13)9(11)5-8/h3-5H,1-2H3. The third-order valence-electron chi connectivity index (χ3n) is 1.78. The second-order valence-corrected chi connectivity index (χ2v) is 4.13. The first-order chi connectivity index (χ1) is 5.95. The van der Waals surface area contributed by atoms with E-state index < -0.39 is 5.67 Å². The minimum absolute atomic E-state index is 0.521. The SMILES string of the molecule is CC(C)(F)c1ccc(C#N)c(Br)c1. The number of rotatable bonds is 1. The molecule has 1 rings (SSSR count). The van der Waals surface area contributed by atoms with Gasteiger partial charge in [0.25, 0.3) is 0 Å². The van der Waals surface area contributed by atoms with Gasteiger partial charge in [0.05, 0.1) is 5.56 Å². The van der Waals surface area contributed by atoms with Gasteiger partial charge in [0, 0.05) is 4.47 Å². The zero-order chi connectivity index (χ0) is 10.1. The van der Waals surface area contributed by atoms with Gasteiger partial charge in [0.2, 0.25) is 0 Å². The first kappa shape index (κ1) is 10.2. The van der Waals surface area contributed by atoms with Crippen LogP contribution in [-0.4, -0.2) is 0 Å². The fourth-order valence-corrected chi connectivity index (χ4v) is 1.44. The van der Waals surface area contributed by atoms with Crippen LogP contribution in [0, 0.1) is 11.3 Å². The van der Waals surface area contributed by atoms with Crippen molar-refractivity contribution < 1.29 is 4.39 Å². The van der Waals surface area contributed by atoms with Gasteiger partial charge >= 0.3 is 0 Å². The molecule has 3 heteroatoms. The van der Waals surface area contributed by atoms with Gasteiger partial charge in [-0.1, -0.05) is 6.07 Å². The molecule has 0 aliphatic rings. The zero-order valence-electron chi connectivity index (χ0n) is 7.44. The Balaban J connectivity index is 3.20. The Bertz CT molecular complexity index is 360. The van der Waals surface area contributed by atoms with Crippen molar-refractivity contribution in [1.29, 1.82) is 5.26 Å². The first-order valence-corrected chi connectivity index (χ1v) is 4.63. The van der Waals surface area contributed by atoms with E-state index in [4.69, 9.17) is 5.26 Å². The highest BCUT2D eigenvalue weighted by atomic mass is 79.9. The summed E-state index contributed by atoms with van der Waals surface area (Å²) in [7, 11) is 0. The number of halogens is 2. The number of benzene rings is 1. The van der Waals surface area contributed by atoms with Crippen molar-refractivity contribution in [2.24, 2.45) is 0 Å². The Morgan fingerprint density at radius 2 is 2.08 bits per heavy atom. The average molecular weight is 242 g/mol. The van der Waals surface area contributed by atoms with Crippen LogP contribution in [0.25, 0.3) is 0 Å². The predicted molar refractivity (Wildman–Crippen MR) is 53.0 cm³/mol. The Kier molecular flexibility index (Phi) is 2.72. The van der Waals surface area contributed by atoms with Crippen molar-refractivity contribution >= 4 is 15.9 Å². The topological polar surface area (TPSA) is 23.8 Å². The number of nitrogens with zero attached hydrogens (tertiary/aromatic N) is 1. The summed E-state index contributed by atoms with van der Waals surface area (Å²) in [6.07, 6.45) is 0. The Morgan fingerprint density at radius 1 is 1.46 bits per heavy atom. The van der Waals surface area contributed by atoms with Crippen LogP contribution in [0.4, 0.5) is 4.39 Å². The molecule has 1 aromatic carbocycles. The van der Waals surface area contributed by atoms with Crippen LogP contribution in [0.2, 0.25) is 0 Å². The molecule has 0 heterocycles. The maximum Gasteiger partial charge on any atom is 0.130 e. The highest BCUT2D eigenvalue weighted by Gasteiger charge is 2.19. The largest absolute Gasteiger partial charge is 0.239 e. The fourth-order valence-electron chi connectivity index (χ4n) is 0.976. The monoisotopic (exact) mass is 241 g/mol. The first-order valence-electron chi connectivity index (χ1n) is 3.84. The van der Waals surface area contributed by atoms with E-state index in [0.717, 1.165) is 0 Å². The third kappa shape index (κ3) is 2.28. The van der Waals surface area contributed by atoms with E-state index in [1.807, 2.05) is 6.07 Å². The summed E-state index contributed by atoms with van der Waals surface area (Å²) in [5.41, 5.74) is -0.275. The number of hydrogen-bond acceptors (Lipinski definition) is 1. The molecule has 0 bridgehead atoms. The van der Waals surface area contributed by atoms with Gasteiger partial charge in [-0.3, -0.25) is 0 Å². The normalized spacial score (nSPS) is 11.0. The molecule has 0 saturated carbocycles. The molecule has 0 aliphatic heterocycles. The molecule has 0 radical (unpaired) electrons. The van der Waals surface area contributed by atoms with Crippen molar-refractivity contribution in [3.8, 4) is 6.07 Å². The average Bonchev–Trinajstić information content (AvgIpc) is 2.02. The van der Waals surface area contributed by atoms with E-state index in [1.54, 1.807) is 18.2 Å². The van der Waals surface area contributed by atoms with Crippen molar-refractivity contribution in [3.63, 3.8) is 0 Å². The van der Waals surface area contributed by atoms with E-state index in [9.17, 15) is 4.39 Å². The molecule has 68 valence electrons. The molecular weight excluding hydrogens is 233 g/mol. The Labute approximate surface area is 85.3 Å². The fraction of sp³-hybridized carbons (Fsp3) is 0.300. The van der Waals surface area contributed by atoms with Gasteiger partial charge < -0.3 is 0 Å². The zero-order valence-corrected chi connectivity index (χ0v) is 9.02. The molecule has 0 atom stereocenters. The lowest BCUT2D eigenvalue weighted by molar-refractivity contribution is 0.221. The second kappa shape index (κ2) is 3.47. The number of nitriles is 1. The van der Waals surface area contributed by atoms with Gasteiger partial charge in [0.1, 0.15) is 11.7 Å². The van der Waals surface area contributed by atoms with Crippen LogP contribution >= 0.6 is 15.9 Å². The summed E-state index contributed by atoms with van der Waals surface area (Å²) >= 11 is 3.21. The van der Waals surface area contributed by atoms with E-state index in [2.05, 4.69) is 15.9 Å². The van der Waals surface area contributed by atoms with Crippen molar-refractivity contribution in [2.75, 3.05) is 0 Å². The van der Waals surface area contributed by atoms with Crippen LogP contribution in [-0.2, 0) is 5.67 Å². The van der Waals surface area contributed by atoms with Crippen molar-refractivity contribution in [3.05, 3.63) is 33.8 Å². The molecule has 0 amide bonds. The van der Waals surface area contributed by atoms with Crippen molar-refractivity contribution in [2.45, 2.75) is 19.5 Å². The van der Waals surface area contributed by atoms with Gasteiger partial charge in [-0.25, -0.2) is 4.39 Å². The van der Waals surface area contributed by atoms with Crippen LogP contribution in [0.15, 0.2) is 22.7 Å². The van der Waals surface area contributed by atoms with Gasteiger partial charge in [0.15, 0.2) is 0 Å². The van der Waals surface area contributed by atoms with Crippen LogP contribution in [0.5, 0.6) is 0 Å². The molecule has 0 aromatic heterocycles. The Morgan fingerprint density at radius 3 is 2.46 bits per heavy atom.